The van der Waals surface area contributed by atoms with E-state index in [0.717, 1.165) is 11.5 Å². The Hall–Kier alpha value is -2.38. The standard InChI is InChI=1S/C17H13F2IN4O3S/c1-2-26-5-6-27-23-17(25)10-8-13-16(22-24-28-13)14(19)15(10)21-12-4-3-9(20)7-11(12)18/h2-4,7-8,21H,1,5-6H2,(H,23,25). The Labute approximate surface area is 176 Å². The summed E-state index contributed by atoms with van der Waals surface area (Å²) in [7, 11) is 0. The number of rotatable bonds is 8. The summed E-state index contributed by atoms with van der Waals surface area (Å²) in [5.41, 5.74) is 1.88. The number of anilines is 2. The number of fused-ring (bicyclic) bond motifs is 1. The van der Waals surface area contributed by atoms with Gasteiger partial charge < -0.3 is 10.1 Å². The summed E-state index contributed by atoms with van der Waals surface area (Å²) in [4.78, 5) is 17.5. The van der Waals surface area contributed by atoms with Crippen LogP contribution in [0, 0.1) is 15.2 Å². The lowest BCUT2D eigenvalue weighted by Gasteiger charge is -2.14. The van der Waals surface area contributed by atoms with Gasteiger partial charge in [-0.25, -0.2) is 14.3 Å². The maximum Gasteiger partial charge on any atom is 0.277 e. The van der Waals surface area contributed by atoms with E-state index in [2.05, 4.69) is 27.0 Å². The molecule has 146 valence electrons. The number of amides is 1. The predicted molar refractivity (Wildman–Crippen MR) is 109 cm³/mol. The third kappa shape index (κ3) is 4.54. The van der Waals surface area contributed by atoms with Crippen LogP contribution in [0.25, 0.3) is 10.2 Å². The van der Waals surface area contributed by atoms with Gasteiger partial charge in [-0.15, -0.1) is 5.10 Å². The van der Waals surface area contributed by atoms with Gasteiger partial charge in [0.25, 0.3) is 5.91 Å². The molecular formula is C17H13F2IN4O3S. The fourth-order valence-electron chi connectivity index (χ4n) is 2.26. The molecule has 2 N–H and O–H groups in total. The van der Waals surface area contributed by atoms with Gasteiger partial charge in [0.15, 0.2) is 5.82 Å². The zero-order valence-corrected chi connectivity index (χ0v) is 17.1. The topological polar surface area (TPSA) is 85.4 Å². The van der Waals surface area contributed by atoms with Crippen molar-refractivity contribution in [2.45, 2.75) is 0 Å². The summed E-state index contributed by atoms with van der Waals surface area (Å²) in [5, 5.41) is 6.36. The van der Waals surface area contributed by atoms with Crippen LogP contribution >= 0.6 is 34.1 Å². The SMILES string of the molecule is C=COCCONC(=O)c1cc2snnc2c(F)c1Nc1ccc(I)cc1F. The van der Waals surface area contributed by atoms with Crippen LogP contribution in [0.4, 0.5) is 20.2 Å². The second kappa shape index (κ2) is 9.21. The number of nitrogens with one attached hydrogen (secondary N) is 2. The van der Waals surface area contributed by atoms with Crippen LogP contribution in [0.5, 0.6) is 0 Å². The second-order valence-electron chi connectivity index (χ2n) is 5.30. The van der Waals surface area contributed by atoms with Crippen molar-refractivity contribution in [3.05, 3.63) is 57.9 Å². The summed E-state index contributed by atoms with van der Waals surface area (Å²) in [6, 6.07) is 5.79. The average Bonchev–Trinajstić information content (AvgIpc) is 3.14. The molecule has 0 saturated heterocycles. The highest BCUT2D eigenvalue weighted by Gasteiger charge is 2.22. The van der Waals surface area contributed by atoms with E-state index in [1.807, 2.05) is 22.6 Å². The van der Waals surface area contributed by atoms with Crippen LogP contribution < -0.4 is 10.8 Å². The highest BCUT2D eigenvalue weighted by molar-refractivity contribution is 14.1. The first-order valence-corrected chi connectivity index (χ1v) is 9.67. The van der Waals surface area contributed by atoms with Crippen LogP contribution in [-0.2, 0) is 9.57 Å². The first kappa shape index (κ1) is 20.4. The number of nitrogens with zero attached hydrogens (tertiary/aromatic N) is 2. The van der Waals surface area contributed by atoms with Crippen molar-refractivity contribution in [2.24, 2.45) is 0 Å². The maximum atomic E-state index is 15.0. The molecule has 7 nitrogen and oxygen atoms in total. The summed E-state index contributed by atoms with van der Waals surface area (Å²) in [5.74, 6) is -2.13. The van der Waals surface area contributed by atoms with Gasteiger partial charge in [-0.2, -0.15) is 0 Å². The van der Waals surface area contributed by atoms with E-state index < -0.39 is 17.5 Å². The molecule has 1 amide bonds. The van der Waals surface area contributed by atoms with Gasteiger partial charge in [0.05, 0.1) is 27.9 Å². The highest BCUT2D eigenvalue weighted by Crippen LogP contribution is 2.32. The molecule has 0 bridgehead atoms. The zero-order valence-electron chi connectivity index (χ0n) is 14.2. The number of carbonyl (C=O) groups is 1. The number of hydrogen-bond donors (Lipinski definition) is 2. The monoisotopic (exact) mass is 518 g/mol. The summed E-state index contributed by atoms with van der Waals surface area (Å²) in [6.45, 7) is 3.61. The molecule has 1 heterocycles. The van der Waals surface area contributed by atoms with Crippen molar-refractivity contribution in [3.8, 4) is 0 Å². The number of aromatic nitrogens is 2. The Balaban J connectivity index is 1.92. The molecule has 28 heavy (non-hydrogen) atoms. The molecule has 0 saturated carbocycles. The summed E-state index contributed by atoms with van der Waals surface area (Å²) in [6.07, 6.45) is 1.24. The smallest absolute Gasteiger partial charge is 0.277 e. The molecule has 0 aliphatic carbocycles. The Bertz CT molecular complexity index is 1030. The molecule has 0 radical (unpaired) electrons. The molecule has 2 aromatic carbocycles. The van der Waals surface area contributed by atoms with Crippen LogP contribution in [0.3, 0.4) is 0 Å². The minimum atomic E-state index is -0.815. The van der Waals surface area contributed by atoms with Crippen LogP contribution in [0.1, 0.15) is 10.4 Å². The number of hydroxylamine groups is 1. The number of benzene rings is 2. The number of ether oxygens (including phenoxy) is 1. The normalized spacial score (nSPS) is 10.7. The van der Waals surface area contributed by atoms with E-state index in [1.54, 1.807) is 6.07 Å². The van der Waals surface area contributed by atoms with E-state index in [4.69, 9.17) is 9.57 Å². The van der Waals surface area contributed by atoms with E-state index in [-0.39, 0.29) is 35.7 Å². The van der Waals surface area contributed by atoms with E-state index in [0.29, 0.717) is 8.27 Å². The van der Waals surface area contributed by atoms with Crippen LogP contribution in [0.15, 0.2) is 37.1 Å². The average molecular weight is 518 g/mol. The lowest BCUT2D eigenvalue weighted by molar-refractivity contribution is 0.0145. The Morgan fingerprint density at radius 3 is 2.89 bits per heavy atom. The Kier molecular flexibility index (Phi) is 6.70. The van der Waals surface area contributed by atoms with Crippen LogP contribution in [0.2, 0.25) is 0 Å². The van der Waals surface area contributed by atoms with Gasteiger partial charge in [-0.1, -0.05) is 11.1 Å². The predicted octanol–water partition coefficient (Wildman–Crippen LogP) is 4.14. The highest BCUT2D eigenvalue weighted by atomic mass is 127. The summed E-state index contributed by atoms with van der Waals surface area (Å²) < 4.78 is 38.8. The van der Waals surface area contributed by atoms with Crippen molar-refractivity contribution < 1.29 is 23.1 Å². The molecule has 0 atom stereocenters. The van der Waals surface area contributed by atoms with E-state index >= 15 is 0 Å². The molecule has 11 heteroatoms. The molecule has 1 aromatic heterocycles. The van der Waals surface area contributed by atoms with Gasteiger partial charge in [-0.05, 0) is 58.4 Å². The molecule has 0 unspecified atom stereocenters. The quantitative estimate of drug-likeness (QED) is 0.202. The minimum absolute atomic E-state index is 0.0104. The van der Waals surface area contributed by atoms with E-state index in [9.17, 15) is 13.6 Å². The number of halogens is 3. The number of carbonyl (C=O) groups excluding carboxylic acids is 1. The Morgan fingerprint density at radius 2 is 2.14 bits per heavy atom. The largest absolute Gasteiger partial charge is 0.499 e. The third-order valence-electron chi connectivity index (χ3n) is 3.51. The fraction of sp³-hybridized carbons (Fsp3) is 0.118. The van der Waals surface area contributed by atoms with Crippen molar-refractivity contribution in [1.29, 1.82) is 0 Å². The summed E-state index contributed by atoms with van der Waals surface area (Å²) >= 11 is 2.89. The molecule has 3 rings (SSSR count). The molecular weight excluding hydrogens is 505 g/mol. The third-order valence-corrected chi connectivity index (χ3v) is 4.85. The lowest BCUT2D eigenvalue weighted by Crippen LogP contribution is -2.26. The fourth-order valence-corrected chi connectivity index (χ4v) is 3.31. The molecule has 0 spiro atoms. The molecule has 0 fully saturated rings. The van der Waals surface area contributed by atoms with Crippen molar-refractivity contribution in [3.63, 3.8) is 0 Å². The van der Waals surface area contributed by atoms with Gasteiger partial charge in [0.2, 0.25) is 0 Å². The molecule has 0 aliphatic rings. The number of hydrogen-bond acceptors (Lipinski definition) is 7. The van der Waals surface area contributed by atoms with Crippen molar-refractivity contribution in [1.82, 2.24) is 15.1 Å². The molecule has 0 aliphatic heterocycles. The van der Waals surface area contributed by atoms with Gasteiger partial charge in [0, 0.05) is 3.57 Å². The van der Waals surface area contributed by atoms with Gasteiger partial charge in [0.1, 0.15) is 24.5 Å². The first-order chi connectivity index (χ1) is 13.5. The van der Waals surface area contributed by atoms with Gasteiger partial charge >= 0.3 is 0 Å². The van der Waals surface area contributed by atoms with Gasteiger partial charge in [-0.3, -0.25) is 9.63 Å². The molecule has 3 aromatic rings. The van der Waals surface area contributed by atoms with E-state index in [1.165, 1.54) is 24.5 Å². The second-order valence-corrected chi connectivity index (χ2v) is 7.33. The minimum Gasteiger partial charge on any atom is -0.499 e. The van der Waals surface area contributed by atoms with Crippen LogP contribution in [-0.4, -0.2) is 28.7 Å². The maximum absolute atomic E-state index is 15.0. The zero-order chi connectivity index (χ0) is 20.1. The Morgan fingerprint density at radius 1 is 1.32 bits per heavy atom. The lowest BCUT2D eigenvalue weighted by atomic mass is 10.1. The first-order valence-electron chi connectivity index (χ1n) is 7.82. The van der Waals surface area contributed by atoms with Crippen molar-refractivity contribution >= 4 is 61.6 Å². The van der Waals surface area contributed by atoms with Crippen molar-refractivity contribution in [2.75, 3.05) is 18.5 Å².